The molecule has 246 valence electrons. The summed E-state index contributed by atoms with van der Waals surface area (Å²) in [6.45, 7) is 6.71. The van der Waals surface area contributed by atoms with Crippen LogP contribution < -0.4 is 10.1 Å². The van der Waals surface area contributed by atoms with Crippen LogP contribution in [0.15, 0.2) is 42.7 Å². The second-order valence-electron chi connectivity index (χ2n) is 12.8. The molecule has 2 N–H and O–H groups in total. The fourth-order valence-electron chi connectivity index (χ4n) is 6.14. The molecule has 0 saturated heterocycles. The molecule has 10 nitrogen and oxygen atoms in total. The molecule has 10 heteroatoms. The fourth-order valence-corrected chi connectivity index (χ4v) is 6.14. The molecule has 0 bridgehead atoms. The van der Waals surface area contributed by atoms with E-state index in [0.29, 0.717) is 35.7 Å². The lowest BCUT2D eigenvalue weighted by Crippen LogP contribution is -2.48. The number of hydrogen-bond acceptors (Lipinski definition) is 7. The lowest BCUT2D eigenvalue weighted by atomic mass is 9.88. The third kappa shape index (κ3) is 9.50. The summed E-state index contributed by atoms with van der Waals surface area (Å²) in [6, 6.07) is 8.15. The summed E-state index contributed by atoms with van der Waals surface area (Å²) in [6.07, 6.45) is 10.2. The maximum absolute atomic E-state index is 14.3. The van der Waals surface area contributed by atoms with E-state index in [1.165, 1.54) is 0 Å². The lowest BCUT2D eigenvalue weighted by Gasteiger charge is -2.36. The smallest absolute Gasteiger partial charge is 0.258 e. The Balaban J connectivity index is 1.61. The molecule has 1 fully saturated rings. The third-order valence-corrected chi connectivity index (χ3v) is 9.02. The van der Waals surface area contributed by atoms with Crippen molar-refractivity contribution in [3.05, 3.63) is 53.9 Å². The monoisotopic (exact) mass is 622 g/mol. The van der Waals surface area contributed by atoms with E-state index in [-0.39, 0.29) is 54.9 Å². The molecule has 1 aromatic carbocycles. The molecule has 2 aromatic rings. The molecule has 3 amide bonds. The van der Waals surface area contributed by atoms with Crippen molar-refractivity contribution in [2.45, 2.75) is 90.4 Å². The number of nitrogens with zero attached hydrogens (tertiary/aromatic N) is 3. The van der Waals surface area contributed by atoms with Crippen molar-refractivity contribution < 1.29 is 29.0 Å². The minimum absolute atomic E-state index is 0.0168. The van der Waals surface area contributed by atoms with Crippen molar-refractivity contribution in [1.29, 1.82) is 0 Å². The highest BCUT2D eigenvalue weighted by Gasteiger charge is 2.31. The highest BCUT2D eigenvalue weighted by Crippen LogP contribution is 2.30. The molecule has 0 radical (unpaired) electrons. The van der Waals surface area contributed by atoms with E-state index >= 15 is 0 Å². The van der Waals surface area contributed by atoms with Gasteiger partial charge in [0.25, 0.3) is 11.8 Å². The molecule has 0 unspecified atom stereocenters. The normalized spacial score (nSPS) is 22.8. The first kappa shape index (κ1) is 34.4. The van der Waals surface area contributed by atoms with E-state index in [1.54, 1.807) is 66.5 Å². The molecular weight excluding hydrogens is 572 g/mol. The van der Waals surface area contributed by atoms with Crippen molar-refractivity contribution in [1.82, 2.24) is 14.8 Å². The molecule has 2 aliphatic rings. The van der Waals surface area contributed by atoms with Gasteiger partial charge < -0.3 is 29.7 Å². The molecule has 45 heavy (non-hydrogen) atoms. The van der Waals surface area contributed by atoms with Crippen molar-refractivity contribution in [2.75, 3.05) is 38.7 Å². The minimum Gasteiger partial charge on any atom is -0.490 e. The van der Waals surface area contributed by atoms with Gasteiger partial charge in [-0.25, -0.2) is 0 Å². The van der Waals surface area contributed by atoms with Gasteiger partial charge in [0, 0.05) is 62.2 Å². The number of carbonyl (C=O) groups excluding carboxylic acids is 3. The highest BCUT2D eigenvalue weighted by molar-refractivity contribution is 6.00. The molecule has 1 aliphatic heterocycles. The van der Waals surface area contributed by atoms with Gasteiger partial charge in [-0.1, -0.05) is 26.2 Å². The van der Waals surface area contributed by atoms with Crippen LogP contribution >= 0.6 is 0 Å². The first-order valence-corrected chi connectivity index (χ1v) is 16.5. The quantitative estimate of drug-likeness (QED) is 0.437. The Morgan fingerprint density at radius 1 is 1.07 bits per heavy atom. The van der Waals surface area contributed by atoms with Crippen LogP contribution in [0.3, 0.4) is 0 Å². The summed E-state index contributed by atoms with van der Waals surface area (Å²) >= 11 is 0. The van der Waals surface area contributed by atoms with Gasteiger partial charge in [0.15, 0.2) is 0 Å². The van der Waals surface area contributed by atoms with Crippen LogP contribution in [0.4, 0.5) is 5.69 Å². The molecule has 2 heterocycles. The second kappa shape index (κ2) is 16.7. The van der Waals surface area contributed by atoms with Crippen molar-refractivity contribution in [3.63, 3.8) is 0 Å². The molecule has 4 rings (SSSR count). The number of likely N-dealkylation sites (N-methyl/N-ethyl adjacent to an activating group) is 1. The van der Waals surface area contributed by atoms with E-state index in [1.807, 2.05) is 13.8 Å². The summed E-state index contributed by atoms with van der Waals surface area (Å²) in [4.78, 5) is 47.8. The zero-order valence-electron chi connectivity index (χ0n) is 27.2. The minimum atomic E-state index is -0.490. The largest absolute Gasteiger partial charge is 0.490 e. The van der Waals surface area contributed by atoms with E-state index in [9.17, 15) is 19.5 Å². The van der Waals surface area contributed by atoms with E-state index in [4.69, 9.17) is 9.47 Å². The number of aliphatic hydroxyl groups is 1. The van der Waals surface area contributed by atoms with Crippen LogP contribution in [0, 0.1) is 11.8 Å². The first-order chi connectivity index (χ1) is 21.7. The molecule has 4 atom stereocenters. The summed E-state index contributed by atoms with van der Waals surface area (Å²) in [5.74, 6) is -0.179. The highest BCUT2D eigenvalue weighted by atomic mass is 16.5. The Morgan fingerprint density at radius 2 is 1.78 bits per heavy atom. The topological polar surface area (TPSA) is 121 Å². The number of fused-ring (bicyclic) bond motifs is 1. The molecule has 1 aromatic heterocycles. The summed E-state index contributed by atoms with van der Waals surface area (Å²) < 4.78 is 12.7. The Bertz CT molecular complexity index is 1270. The number of aromatic nitrogens is 1. The number of carbonyl (C=O) groups is 3. The average molecular weight is 623 g/mol. The first-order valence-electron chi connectivity index (χ1n) is 16.5. The van der Waals surface area contributed by atoms with Crippen LogP contribution in [-0.4, -0.2) is 89.2 Å². The van der Waals surface area contributed by atoms with E-state index in [0.717, 1.165) is 51.4 Å². The predicted octanol–water partition coefficient (Wildman–Crippen LogP) is 5.17. The molecular formula is C35H50N4O6. The average Bonchev–Trinajstić information content (AvgIpc) is 3.06. The van der Waals surface area contributed by atoms with Crippen molar-refractivity contribution >= 4 is 23.4 Å². The van der Waals surface area contributed by atoms with Gasteiger partial charge in [-0.05, 0) is 76.3 Å². The Hall–Kier alpha value is -3.50. The maximum Gasteiger partial charge on any atom is 0.258 e. The number of ether oxygens (including phenoxy) is 2. The fraction of sp³-hybridized carbons (Fsp3) is 0.600. The number of anilines is 1. The van der Waals surface area contributed by atoms with Gasteiger partial charge in [0.1, 0.15) is 5.75 Å². The number of hydrogen-bond donors (Lipinski definition) is 2. The lowest BCUT2D eigenvalue weighted by molar-refractivity contribution is -0.120. The number of pyridine rings is 1. The number of rotatable bonds is 7. The third-order valence-electron chi connectivity index (χ3n) is 9.02. The standard InChI is InChI=1S/C35H50N4O6/c1-24-21-39(25(2)23-40)35(43)30-20-29(37-33(41)27-11-6-5-7-12-27)13-14-31(30)45-26(3)10-8-9-19-44-32(24)22-38(4)34(42)28-15-17-36-18-16-28/h13-18,20,24-27,32,40H,5-12,19,21-23H2,1-4H3,(H,37,41)/t24-,25+,26-,32+/m0/s1. The number of amides is 3. The Morgan fingerprint density at radius 3 is 2.49 bits per heavy atom. The van der Waals surface area contributed by atoms with Crippen molar-refractivity contribution in [2.24, 2.45) is 11.8 Å². The zero-order valence-corrected chi connectivity index (χ0v) is 27.2. The van der Waals surface area contributed by atoms with Gasteiger partial charge in [0.05, 0.1) is 30.4 Å². The maximum atomic E-state index is 14.3. The van der Waals surface area contributed by atoms with Crippen LogP contribution in [0.1, 0.15) is 92.9 Å². The number of benzene rings is 1. The van der Waals surface area contributed by atoms with Gasteiger partial charge in [-0.3, -0.25) is 19.4 Å². The van der Waals surface area contributed by atoms with Crippen LogP contribution in [-0.2, 0) is 9.53 Å². The van der Waals surface area contributed by atoms with E-state index in [2.05, 4.69) is 10.3 Å². The van der Waals surface area contributed by atoms with Gasteiger partial charge in [-0.15, -0.1) is 0 Å². The number of nitrogens with one attached hydrogen (secondary N) is 1. The summed E-state index contributed by atoms with van der Waals surface area (Å²) in [7, 11) is 1.75. The summed E-state index contributed by atoms with van der Waals surface area (Å²) in [5, 5.41) is 13.3. The van der Waals surface area contributed by atoms with Gasteiger partial charge >= 0.3 is 0 Å². The van der Waals surface area contributed by atoms with E-state index < -0.39 is 6.04 Å². The second-order valence-corrected chi connectivity index (χ2v) is 12.8. The van der Waals surface area contributed by atoms with Gasteiger partial charge in [-0.2, -0.15) is 0 Å². The predicted molar refractivity (Wildman–Crippen MR) is 173 cm³/mol. The molecule has 0 spiro atoms. The Labute approximate surface area is 267 Å². The zero-order chi connectivity index (χ0) is 32.3. The van der Waals surface area contributed by atoms with Crippen LogP contribution in [0.25, 0.3) is 0 Å². The van der Waals surface area contributed by atoms with Crippen molar-refractivity contribution in [3.8, 4) is 5.75 Å². The van der Waals surface area contributed by atoms with Crippen LogP contribution in [0.2, 0.25) is 0 Å². The number of aliphatic hydroxyl groups excluding tert-OH is 1. The van der Waals surface area contributed by atoms with Gasteiger partial charge in [0.2, 0.25) is 5.91 Å². The summed E-state index contributed by atoms with van der Waals surface area (Å²) in [5.41, 5.74) is 1.44. The SMILES string of the molecule is C[C@H](CO)N1C[C@H](C)[C@@H](CN(C)C(=O)c2ccncc2)OCCCC[C@H](C)Oc2ccc(NC(=O)C3CCCCC3)cc2C1=O. The molecule has 1 saturated carbocycles. The van der Waals surface area contributed by atoms with Crippen LogP contribution in [0.5, 0.6) is 5.75 Å². The Kier molecular flexibility index (Phi) is 12.8. The molecule has 1 aliphatic carbocycles.